The predicted molar refractivity (Wildman–Crippen MR) is 119 cm³/mol. The molecule has 2 saturated heterocycles. The minimum Gasteiger partial charge on any atom is -0.693 e. The first-order valence-electron chi connectivity index (χ1n) is 9.34. The van der Waals surface area contributed by atoms with Crippen LogP contribution in [0, 0.1) is 59.2 Å². The Balaban J connectivity index is -0.0000000322. The van der Waals surface area contributed by atoms with Crippen molar-refractivity contribution in [2.75, 3.05) is 32.7 Å². The van der Waals surface area contributed by atoms with Gasteiger partial charge in [0.1, 0.15) is 0 Å². The van der Waals surface area contributed by atoms with Crippen LogP contribution in [0.15, 0.2) is 23.9 Å². The summed E-state index contributed by atoms with van der Waals surface area (Å²) in [6.45, 7) is 31.0. The molecule has 0 saturated carbocycles. The summed E-state index contributed by atoms with van der Waals surface area (Å²) in [5.74, 6) is 1.88. The Morgan fingerprint density at radius 2 is 1.00 bits per heavy atom. The van der Waals surface area contributed by atoms with Crippen molar-refractivity contribution in [2.45, 2.75) is 46.5 Å². The summed E-state index contributed by atoms with van der Waals surface area (Å²) in [4.78, 5) is 0. The third-order valence-corrected chi connectivity index (χ3v) is 4.08. The monoisotopic (exact) mass is 750 g/mol. The van der Waals surface area contributed by atoms with E-state index < -0.39 is 0 Å². The van der Waals surface area contributed by atoms with Gasteiger partial charge in [-0.2, -0.15) is 6.20 Å². The molecule has 8 nitrogen and oxygen atoms in total. The molecule has 0 aromatic carbocycles. The zero-order valence-electron chi connectivity index (χ0n) is 19.7. The van der Waals surface area contributed by atoms with Crippen molar-refractivity contribution >= 4 is 0 Å². The van der Waals surface area contributed by atoms with Crippen molar-refractivity contribution in [3.05, 3.63) is 72.3 Å². The van der Waals surface area contributed by atoms with Crippen LogP contribution in [-0.2, 0) is 78.9 Å². The predicted octanol–water partition coefficient (Wildman–Crippen LogP) is 6.51. The van der Waals surface area contributed by atoms with Crippen LogP contribution in [0.2, 0.25) is 0 Å². The van der Waals surface area contributed by atoms with Crippen LogP contribution in [0.5, 0.6) is 0 Å². The van der Waals surface area contributed by atoms with Crippen molar-refractivity contribution in [2.24, 2.45) is 11.8 Å². The average molecular weight is 753 g/mol. The van der Waals surface area contributed by atoms with E-state index in [0.717, 1.165) is 44.6 Å². The summed E-state index contributed by atoms with van der Waals surface area (Å²) in [6.07, 6.45) is 11.2. The molecule has 2 fully saturated rings. The zero-order chi connectivity index (χ0) is 23.3. The number of hydrogen-bond acceptors (Lipinski definition) is 4. The van der Waals surface area contributed by atoms with Gasteiger partial charge in [0.2, 0.25) is 0 Å². The molecule has 0 spiro atoms. The Morgan fingerprint density at radius 3 is 1.12 bits per heavy atom. The van der Waals surface area contributed by atoms with Crippen molar-refractivity contribution in [1.29, 1.82) is 21.0 Å². The molecule has 2 N–H and O–H groups in total. The van der Waals surface area contributed by atoms with E-state index >= 15 is 0 Å². The normalized spacial score (nSPS) is 14.4. The Kier molecular flexibility index (Phi) is 102. The van der Waals surface area contributed by atoms with Gasteiger partial charge in [-0.1, -0.05) is 57.3 Å². The maximum Gasteiger partial charge on any atom is 0 e. The van der Waals surface area contributed by atoms with Crippen molar-refractivity contribution in [3.63, 3.8) is 0 Å². The van der Waals surface area contributed by atoms with E-state index in [1.807, 2.05) is 12.3 Å². The number of rotatable bonds is 0. The molecule has 0 aromatic heterocycles. The molecule has 3 aliphatic heterocycles. The molecule has 0 atom stereocenters. The van der Waals surface area contributed by atoms with Crippen LogP contribution in [-0.4, -0.2) is 32.7 Å². The van der Waals surface area contributed by atoms with E-state index in [9.17, 15) is 0 Å². The fourth-order valence-corrected chi connectivity index (χ4v) is 2.25. The number of allylic oxidation sites excluding steroid dienone is 2. The summed E-state index contributed by atoms with van der Waals surface area (Å²) in [5, 5.41) is 37.4. The maximum absolute atomic E-state index is 6.25. The Bertz CT molecular complexity index is 433. The molecule has 0 aliphatic carbocycles. The molecular formula is C22H34Ag2Cu2N8-8. The fourth-order valence-electron chi connectivity index (χ4n) is 2.25. The van der Waals surface area contributed by atoms with E-state index in [1.165, 1.54) is 31.3 Å². The second-order valence-corrected chi connectivity index (χ2v) is 6.34. The van der Waals surface area contributed by atoms with Crippen LogP contribution in [0.3, 0.4) is 0 Å². The fraction of sp³-hybridized carbons (Fsp3) is 0.636. The van der Waals surface area contributed by atoms with Gasteiger partial charge in [-0.25, -0.2) is 0 Å². The van der Waals surface area contributed by atoms with Crippen LogP contribution in [0.25, 0.3) is 22.1 Å². The number of hydrogen-bond donors (Lipinski definition) is 0. The third kappa shape index (κ3) is 53.2. The summed E-state index contributed by atoms with van der Waals surface area (Å²) in [5.41, 5.74) is 1.31. The SMILES string of the molecule is CC1=CC[N-]C=C1.CC1CC[N-]CC1.CC1CC[N-]CC1.[Ag].[Ag].[C-]#N.[C-]#N.[C-]#N.[C-]#N.[Cu].[Cu].[NH2-]. The Morgan fingerprint density at radius 1 is 0.706 bits per heavy atom. The first kappa shape index (κ1) is 59.0. The minimum absolute atomic E-state index is 0. The number of nitrogens with two attached hydrogens (primary N) is 1. The van der Waals surface area contributed by atoms with Crippen molar-refractivity contribution in [1.82, 2.24) is 0 Å². The molecule has 0 unspecified atom stereocenters. The first-order chi connectivity index (χ1) is 14.2. The van der Waals surface area contributed by atoms with Gasteiger partial charge < -0.3 is 69.4 Å². The summed E-state index contributed by atoms with van der Waals surface area (Å²) in [6, 6.07) is 0. The smallest absolute Gasteiger partial charge is 0 e. The molecule has 12 heteroatoms. The summed E-state index contributed by atoms with van der Waals surface area (Å²) < 4.78 is 0. The summed E-state index contributed by atoms with van der Waals surface area (Å²) >= 11 is 0. The standard InChI is InChI=1S/2C6H12N.C6H8N.4CN.2Ag.2Cu.H2N/c3*1-6-2-4-7-5-3-6;4*1-2;;;;;/h2*6H,2-5H2,1H3;2-4H,5H2,1H3;;;;;;;;;1H2/q7*-1;;;;;-1. The number of nitrogens with zero attached hydrogens (tertiary/aromatic N) is 7. The first-order valence-corrected chi connectivity index (χ1v) is 9.34. The minimum atomic E-state index is 0. The average Bonchev–Trinajstić information content (AvgIpc) is 2.82. The van der Waals surface area contributed by atoms with Gasteiger partial charge in [0.25, 0.3) is 0 Å². The van der Waals surface area contributed by atoms with E-state index in [-0.39, 0.29) is 85.0 Å². The van der Waals surface area contributed by atoms with E-state index in [1.54, 1.807) is 0 Å². The molecule has 3 aliphatic rings. The topological polar surface area (TPSA) is 171 Å². The van der Waals surface area contributed by atoms with Gasteiger partial charge in [-0.15, -0.1) is 32.7 Å². The molecule has 0 aromatic rings. The zero-order valence-corrected chi connectivity index (χ0v) is 24.5. The molecule has 4 radical (unpaired) electrons. The second kappa shape index (κ2) is 58.5. The van der Waals surface area contributed by atoms with E-state index in [2.05, 4.69) is 42.8 Å². The van der Waals surface area contributed by atoms with Crippen LogP contribution in [0.1, 0.15) is 46.5 Å². The maximum atomic E-state index is 6.25. The van der Waals surface area contributed by atoms with Gasteiger partial charge >= 0.3 is 0 Å². The van der Waals surface area contributed by atoms with Crippen molar-refractivity contribution in [3.8, 4) is 0 Å². The second-order valence-electron chi connectivity index (χ2n) is 6.34. The van der Waals surface area contributed by atoms with Gasteiger partial charge in [0.05, 0.1) is 0 Å². The molecule has 34 heavy (non-hydrogen) atoms. The molecule has 0 bridgehead atoms. The number of piperidine rings is 2. The third-order valence-electron chi connectivity index (χ3n) is 4.08. The van der Waals surface area contributed by atoms with Crippen LogP contribution < -0.4 is 0 Å². The van der Waals surface area contributed by atoms with E-state index in [0.29, 0.717) is 0 Å². The van der Waals surface area contributed by atoms with E-state index in [4.69, 9.17) is 47.3 Å². The summed E-state index contributed by atoms with van der Waals surface area (Å²) in [7, 11) is 0. The van der Waals surface area contributed by atoms with Gasteiger partial charge in [-0.3, -0.25) is 0 Å². The van der Waals surface area contributed by atoms with Gasteiger partial charge in [0.15, 0.2) is 0 Å². The molecule has 214 valence electrons. The largest absolute Gasteiger partial charge is 0.693 e. The van der Waals surface area contributed by atoms with Crippen molar-refractivity contribution < 1.29 is 78.9 Å². The molecule has 3 heterocycles. The quantitative estimate of drug-likeness (QED) is 0.203. The molecule has 3 rings (SSSR count). The molecular weight excluding hydrogens is 719 g/mol. The van der Waals surface area contributed by atoms with Crippen LogP contribution in [0.4, 0.5) is 0 Å². The molecule has 0 amide bonds. The van der Waals surface area contributed by atoms with Crippen LogP contribution >= 0.6 is 0 Å². The Labute approximate surface area is 261 Å². The Hall–Kier alpha value is -0.361. The van der Waals surface area contributed by atoms with Gasteiger partial charge in [0, 0.05) is 78.9 Å². The van der Waals surface area contributed by atoms with Gasteiger partial charge in [-0.05, 0) is 18.8 Å².